The molecule has 0 bridgehead atoms. The first-order chi connectivity index (χ1) is 9.47. The summed E-state index contributed by atoms with van der Waals surface area (Å²) in [6, 6.07) is 6.46. The van der Waals surface area contributed by atoms with E-state index < -0.39 is 0 Å². The predicted molar refractivity (Wildman–Crippen MR) is 87.1 cm³/mol. The highest BCUT2D eigenvalue weighted by Gasteiger charge is 2.21. The number of halogens is 1. The fourth-order valence-corrected chi connectivity index (χ4v) is 2.84. The molecule has 0 saturated carbocycles. The normalized spacial score (nSPS) is 15.8. The van der Waals surface area contributed by atoms with Gasteiger partial charge in [-0.1, -0.05) is 35.8 Å². The molecule has 0 unspecified atom stereocenters. The van der Waals surface area contributed by atoms with Crippen molar-refractivity contribution in [3.8, 4) is 0 Å². The molecule has 3 nitrogen and oxygen atoms in total. The minimum Gasteiger partial charge on any atom is -0.368 e. The maximum Gasteiger partial charge on any atom is 0.222 e. The third-order valence-corrected chi connectivity index (χ3v) is 4.59. The van der Waals surface area contributed by atoms with Crippen LogP contribution in [0.4, 0.5) is 5.69 Å². The molecule has 20 heavy (non-hydrogen) atoms. The molecule has 0 N–H and O–H groups in total. The van der Waals surface area contributed by atoms with Crippen LogP contribution in [0.5, 0.6) is 0 Å². The Balaban J connectivity index is 1.94. The first-order valence-corrected chi connectivity index (χ1v) is 8.05. The summed E-state index contributed by atoms with van der Waals surface area (Å²) in [5, 5.41) is 0. The summed E-state index contributed by atoms with van der Waals surface area (Å²) in [6.07, 6.45) is 0.663. The Morgan fingerprint density at radius 3 is 2.45 bits per heavy atom. The molecule has 2 rings (SSSR count). The van der Waals surface area contributed by atoms with Gasteiger partial charge in [0.25, 0.3) is 0 Å². The number of carbonyl (C=O) groups excluding carboxylic acids is 1. The fourth-order valence-electron chi connectivity index (χ4n) is 2.47. The van der Waals surface area contributed by atoms with E-state index in [1.807, 2.05) is 4.90 Å². The van der Waals surface area contributed by atoms with E-state index in [1.165, 1.54) is 11.3 Å². The molecule has 110 valence electrons. The summed E-state index contributed by atoms with van der Waals surface area (Å²) in [5.41, 5.74) is 2.48. The molecule has 1 fully saturated rings. The minimum absolute atomic E-state index is 0.296. The Labute approximate surface area is 130 Å². The summed E-state index contributed by atoms with van der Waals surface area (Å²) >= 11 is 3.58. The highest BCUT2D eigenvalue weighted by atomic mass is 79.9. The SMILES string of the molecule is Cc1ccc(N2CCN(C(=O)CC(C)C)CC2)cc1Br. The lowest BCUT2D eigenvalue weighted by molar-refractivity contribution is -0.132. The van der Waals surface area contributed by atoms with Crippen molar-refractivity contribution in [1.82, 2.24) is 4.90 Å². The first-order valence-electron chi connectivity index (χ1n) is 7.26. The van der Waals surface area contributed by atoms with Gasteiger partial charge in [-0.3, -0.25) is 4.79 Å². The smallest absolute Gasteiger partial charge is 0.222 e. The molecule has 4 heteroatoms. The maximum atomic E-state index is 12.1. The zero-order valence-corrected chi connectivity index (χ0v) is 14.1. The van der Waals surface area contributed by atoms with Crippen molar-refractivity contribution < 1.29 is 4.79 Å². The average molecular weight is 339 g/mol. The van der Waals surface area contributed by atoms with Crippen molar-refractivity contribution in [2.24, 2.45) is 5.92 Å². The third kappa shape index (κ3) is 3.75. The Morgan fingerprint density at radius 1 is 1.25 bits per heavy atom. The molecule has 1 saturated heterocycles. The number of nitrogens with zero attached hydrogens (tertiary/aromatic N) is 2. The molecule has 0 atom stereocenters. The molecule has 0 aromatic heterocycles. The molecular weight excluding hydrogens is 316 g/mol. The van der Waals surface area contributed by atoms with Crippen molar-refractivity contribution in [1.29, 1.82) is 0 Å². The molecule has 0 aliphatic carbocycles. The lowest BCUT2D eigenvalue weighted by atomic mass is 10.1. The van der Waals surface area contributed by atoms with Crippen molar-refractivity contribution in [2.75, 3.05) is 31.1 Å². The van der Waals surface area contributed by atoms with Crippen LogP contribution < -0.4 is 4.90 Å². The number of piperazine rings is 1. The van der Waals surface area contributed by atoms with Crippen molar-refractivity contribution in [2.45, 2.75) is 27.2 Å². The minimum atomic E-state index is 0.296. The van der Waals surface area contributed by atoms with E-state index in [2.05, 4.69) is 59.8 Å². The van der Waals surface area contributed by atoms with Gasteiger partial charge in [-0.15, -0.1) is 0 Å². The monoisotopic (exact) mass is 338 g/mol. The zero-order chi connectivity index (χ0) is 14.7. The average Bonchev–Trinajstić information content (AvgIpc) is 2.41. The number of anilines is 1. The van der Waals surface area contributed by atoms with E-state index in [1.54, 1.807) is 0 Å². The lowest BCUT2D eigenvalue weighted by Gasteiger charge is -2.36. The van der Waals surface area contributed by atoms with Crippen LogP contribution in [0.2, 0.25) is 0 Å². The van der Waals surface area contributed by atoms with Crippen molar-refractivity contribution in [3.63, 3.8) is 0 Å². The van der Waals surface area contributed by atoms with Gasteiger partial charge in [-0.05, 0) is 30.5 Å². The third-order valence-electron chi connectivity index (χ3n) is 3.74. The summed E-state index contributed by atoms with van der Waals surface area (Å²) in [7, 11) is 0. The number of benzene rings is 1. The van der Waals surface area contributed by atoms with Gasteiger partial charge in [-0.2, -0.15) is 0 Å². The summed E-state index contributed by atoms with van der Waals surface area (Å²) in [4.78, 5) is 16.4. The number of aryl methyl sites for hydroxylation is 1. The van der Waals surface area contributed by atoms with E-state index in [-0.39, 0.29) is 0 Å². The highest BCUT2D eigenvalue weighted by Crippen LogP contribution is 2.24. The summed E-state index contributed by atoms with van der Waals surface area (Å²) in [5.74, 6) is 0.735. The van der Waals surface area contributed by atoms with Gasteiger partial charge in [0.1, 0.15) is 0 Å². The maximum absolute atomic E-state index is 12.1. The van der Waals surface area contributed by atoms with Gasteiger partial charge in [0.2, 0.25) is 5.91 Å². The van der Waals surface area contributed by atoms with Gasteiger partial charge < -0.3 is 9.80 Å². The van der Waals surface area contributed by atoms with Crippen LogP contribution in [0.25, 0.3) is 0 Å². The second-order valence-corrected chi connectivity index (χ2v) is 6.75. The standard InChI is InChI=1S/C16H23BrN2O/c1-12(2)10-16(20)19-8-6-18(7-9-19)14-5-4-13(3)15(17)11-14/h4-5,11-12H,6-10H2,1-3H3. The van der Waals surface area contributed by atoms with E-state index in [4.69, 9.17) is 0 Å². The highest BCUT2D eigenvalue weighted by molar-refractivity contribution is 9.10. The number of amides is 1. The van der Waals surface area contributed by atoms with Crippen LogP contribution in [0, 0.1) is 12.8 Å². The lowest BCUT2D eigenvalue weighted by Crippen LogP contribution is -2.49. The molecule has 1 aromatic carbocycles. The largest absolute Gasteiger partial charge is 0.368 e. The second kappa shape index (κ2) is 6.61. The molecule has 0 spiro atoms. The van der Waals surface area contributed by atoms with Gasteiger partial charge in [0.05, 0.1) is 0 Å². The molecule has 1 aliphatic rings. The zero-order valence-electron chi connectivity index (χ0n) is 12.5. The Morgan fingerprint density at radius 2 is 1.90 bits per heavy atom. The fraction of sp³-hybridized carbons (Fsp3) is 0.562. The molecule has 1 amide bonds. The number of rotatable bonds is 3. The summed E-state index contributed by atoms with van der Waals surface area (Å²) in [6.45, 7) is 9.78. The van der Waals surface area contributed by atoms with Gasteiger partial charge in [0, 0.05) is 42.8 Å². The second-order valence-electron chi connectivity index (χ2n) is 5.90. The van der Waals surface area contributed by atoms with Gasteiger partial charge in [0.15, 0.2) is 0 Å². The van der Waals surface area contributed by atoms with Crippen LogP contribution in [0.1, 0.15) is 25.8 Å². The van der Waals surface area contributed by atoms with Crippen LogP contribution in [-0.2, 0) is 4.79 Å². The first kappa shape index (κ1) is 15.4. The van der Waals surface area contributed by atoms with E-state index >= 15 is 0 Å². The summed E-state index contributed by atoms with van der Waals surface area (Å²) < 4.78 is 1.15. The number of hydrogen-bond acceptors (Lipinski definition) is 2. The Bertz CT molecular complexity index is 479. The quantitative estimate of drug-likeness (QED) is 0.842. The molecule has 1 heterocycles. The molecule has 1 aromatic rings. The van der Waals surface area contributed by atoms with Gasteiger partial charge >= 0.3 is 0 Å². The van der Waals surface area contributed by atoms with Gasteiger partial charge in [-0.25, -0.2) is 0 Å². The number of carbonyl (C=O) groups is 1. The topological polar surface area (TPSA) is 23.6 Å². The van der Waals surface area contributed by atoms with E-state index in [0.29, 0.717) is 18.2 Å². The van der Waals surface area contributed by atoms with Crippen LogP contribution in [0.3, 0.4) is 0 Å². The molecular formula is C16H23BrN2O. The van der Waals surface area contributed by atoms with Crippen molar-refractivity contribution >= 4 is 27.5 Å². The molecule has 0 radical (unpaired) electrons. The van der Waals surface area contributed by atoms with Crippen LogP contribution in [0.15, 0.2) is 22.7 Å². The van der Waals surface area contributed by atoms with Crippen LogP contribution >= 0.6 is 15.9 Å². The van der Waals surface area contributed by atoms with E-state index in [9.17, 15) is 4.79 Å². The predicted octanol–water partition coefficient (Wildman–Crippen LogP) is 3.45. The Hall–Kier alpha value is -1.03. The van der Waals surface area contributed by atoms with E-state index in [0.717, 1.165) is 30.7 Å². The Kier molecular flexibility index (Phi) is 5.08. The van der Waals surface area contributed by atoms with Crippen molar-refractivity contribution in [3.05, 3.63) is 28.2 Å². The van der Waals surface area contributed by atoms with Crippen LogP contribution in [-0.4, -0.2) is 37.0 Å². The molecule has 1 aliphatic heterocycles. The number of hydrogen-bond donors (Lipinski definition) is 0.